The zero-order valence-corrected chi connectivity index (χ0v) is 14.7. The third kappa shape index (κ3) is 3.70. The Kier molecular flexibility index (Phi) is 4.46. The highest BCUT2D eigenvalue weighted by atomic mass is 16.5. The molecular formula is C19H24N2O2. The average molecular weight is 312 g/mol. The Hall–Kier alpha value is -2.36. The van der Waals surface area contributed by atoms with Crippen molar-refractivity contribution in [3.63, 3.8) is 0 Å². The molecule has 0 fully saturated rings. The van der Waals surface area contributed by atoms with Crippen molar-refractivity contribution in [1.82, 2.24) is 4.98 Å². The Morgan fingerprint density at radius 1 is 1.09 bits per heavy atom. The number of primary amides is 1. The van der Waals surface area contributed by atoms with Gasteiger partial charge >= 0.3 is 0 Å². The van der Waals surface area contributed by atoms with Gasteiger partial charge in [0.05, 0.1) is 0 Å². The smallest absolute Gasteiger partial charge is 0.271 e. The van der Waals surface area contributed by atoms with E-state index in [9.17, 15) is 4.79 Å². The van der Waals surface area contributed by atoms with Crippen molar-refractivity contribution in [3.05, 3.63) is 52.3 Å². The third-order valence-corrected chi connectivity index (χ3v) is 3.68. The minimum Gasteiger partial charge on any atom is -0.454 e. The SMILES string of the molecule is Cc1cc(C)c(Oc2ccc(C(C)(C)C)nc2C(N)=O)c(C)c1. The van der Waals surface area contributed by atoms with Crippen molar-refractivity contribution in [3.8, 4) is 11.5 Å². The molecule has 0 aliphatic carbocycles. The molecule has 0 atom stereocenters. The van der Waals surface area contributed by atoms with Gasteiger partial charge in [-0.15, -0.1) is 0 Å². The summed E-state index contributed by atoms with van der Waals surface area (Å²) in [6.45, 7) is 12.1. The molecule has 0 radical (unpaired) electrons. The molecular weight excluding hydrogens is 288 g/mol. The van der Waals surface area contributed by atoms with Crippen LogP contribution in [0.1, 0.15) is 53.6 Å². The fraction of sp³-hybridized carbons (Fsp3) is 0.368. The van der Waals surface area contributed by atoms with E-state index >= 15 is 0 Å². The minimum atomic E-state index is -0.589. The maximum atomic E-state index is 11.8. The summed E-state index contributed by atoms with van der Waals surface area (Å²) < 4.78 is 5.99. The summed E-state index contributed by atoms with van der Waals surface area (Å²) in [6.07, 6.45) is 0. The number of benzene rings is 1. The van der Waals surface area contributed by atoms with Gasteiger partial charge in [0.15, 0.2) is 11.4 Å². The fourth-order valence-electron chi connectivity index (χ4n) is 2.56. The van der Waals surface area contributed by atoms with Gasteiger partial charge in [-0.2, -0.15) is 0 Å². The maximum absolute atomic E-state index is 11.8. The molecule has 0 spiro atoms. The number of nitrogens with zero attached hydrogens (tertiary/aromatic N) is 1. The summed E-state index contributed by atoms with van der Waals surface area (Å²) in [5.74, 6) is 0.539. The summed E-state index contributed by atoms with van der Waals surface area (Å²) in [7, 11) is 0. The second-order valence-electron chi connectivity index (χ2n) is 6.99. The Labute approximate surface area is 137 Å². The number of hydrogen-bond donors (Lipinski definition) is 1. The monoisotopic (exact) mass is 312 g/mol. The van der Waals surface area contributed by atoms with E-state index in [0.717, 1.165) is 22.6 Å². The van der Waals surface area contributed by atoms with E-state index in [4.69, 9.17) is 10.5 Å². The molecule has 23 heavy (non-hydrogen) atoms. The van der Waals surface area contributed by atoms with Crippen LogP contribution in [-0.2, 0) is 5.41 Å². The first-order chi connectivity index (χ1) is 10.6. The van der Waals surface area contributed by atoms with E-state index in [1.54, 1.807) is 6.07 Å². The molecule has 1 aromatic heterocycles. The number of pyridine rings is 1. The Morgan fingerprint density at radius 3 is 2.13 bits per heavy atom. The number of aryl methyl sites for hydroxylation is 3. The van der Waals surface area contributed by atoms with Crippen molar-refractivity contribution in [1.29, 1.82) is 0 Å². The molecule has 4 heteroatoms. The molecule has 2 N–H and O–H groups in total. The number of carbonyl (C=O) groups excluding carboxylic acids is 1. The third-order valence-electron chi connectivity index (χ3n) is 3.68. The first-order valence-corrected chi connectivity index (χ1v) is 7.66. The lowest BCUT2D eigenvalue weighted by Crippen LogP contribution is -2.20. The molecule has 0 saturated heterocycles. The minimum absolute atomic E-state index is 0.164. The van der Waals surface area contributed by atoms with Crippen LogP contribution in [-0.4, -0.2) is 10.9 Å². The maximum Gasteiger partial charge on any atom is 0.271 e. The number of hydrogen-bond acceptors (Lipinski definition) is 3. The Balaban J connectivity index is 2.51. The average Bonchev–Trinajstić information content (AvgIpc) is 2.41. The standard InChI is InChI=1S/C19H24N2O2/c1-11-9-12(2)17(13(3)10-11)23-14-7-8-15(19(4,5)6)21-16(14)18(20)22/h7-10H,1-6H3,(H2,20,22). The van der Waals surface area contributed by atoms with Gasteiger partial charge in [0.25, 0.3) is 5.91 Å². The van der Waals surface area contributed by atoms with Crippen LogP contribution in [0, 0.1) is 20.8 Å². The predicted molar refractivity (Wildman–Crippen MR) is 92.2 cm³/mol. The van der Waals surface area contributed by atoms with Crippen LogP contribution in [0.4, 0.5) is 0 Å². The van der Waals surface area contributed by atoms with Crippen LogP contribution in [0.5, 0.6) is 11.5 Å². The fourth-order valence-corrected chi connectivity index (χ4v) is 2.56. The molecule has 2 aromatic rings. The highest BCUT2D eigenvalue weighted by Crippen LogP contribution is 2.32. The number of rotatable bonds is 3. The Bertz CT molecular complexity index is 735. The highest BCUT2D eigenvalue weighted by Gasteiger charge is 2.21. The van der Waals surface area contributed by atoms with Crippen LogP contribution in [0.2, 0.25) is 0 Å². The number of ether oxygens (including phenoxy) is 1. The van der Waals surface area contributed by atoms with Gasteiger partial charge in [0.2, 0.25) is 0 Å². The van der Waals surface area contributed by atoms with Crippen LogP contribution >= 0.6 is 0 Å². The van der Waals surface area contributed by atoms with Gasteiger partial charge in [-0.25, -0.2) is 4.98 Å². The zero-order chi connectivity index (χ0) is 17.4. The van der Waals surface area contributed by atoms with Gasteiger partial charge in [0.1, 0.15) is 5.75 Å². The number of amides is 1. The number of aromatic nitrogens is 1. The summed E-state index contributed by atoms with van der Waals surface area (Å²) >= 11 is 0. The largest absolute Gasteiger partial charge is 0.454 e. The summed E-state index contributed by atoms with van der Waals surface area (Å²) in [6, 6.07) is 7.74. The van der Waals surface area contributed by atoms with Crippen molar-refractivity contribution >= 4 is 5.91 Å². The van der Waals surface area contributed by atoms with Crippen LogP contribution < -0.4 is 10.5 Å². The molecule has 1 amide bonds. The first kappa shape index (κ1) is 17.0. The molecule has 4 nitrogen and oxygen atoms in total. The summed E-state index contributed by atoms with van der Waals surface area (Å²) in [5, 5.41) is 0. The van der Waals surface area contributed by atoms with E-state index in [1.807, 2.05) is 59.7 Å². The lowest BCUT2D eigenvalue weighted by atomic mass is 9.91. The van der Waals surface area contributed by atoms with Gasteiger partial charge in [-0.05, 0) is 44.0 Å². The molecule has 0 aliphatic heterocycles. The van der Waals surface area contributed by atoms with E-state index in [2.05, 4.69) is 4.98 Å². The van der Waals surface area contributed by atoms with Crippen LogP contribution in [0.3, 0.4) is 0 Å². The molecule has 0 unspecified atom stereocenters. The highest BCUT2D eigenvalue weighted by molar-refractivity contribution is 5.93. The van der Waals surface area contributed by atoms with E-state index in [0.29, 0.717) is 5.75 Å². The second kappa shape index (κ2) is 6.03. The van der Waals surface area contributed by atoms with Crippen molar-refractivity contribution in [2.24, 2.45) is 5.73 Å². The van der Waals surface area contributed by atoms with Gasteiger partial charge < -0.3 is 10.5 Å². The van der Waals surface area contributed by atoms with Gasteiger partial charge in [-0.1, -0.05) is 38.5 Å². The summed E-state index contributed by atoms with van der Waals surface area (Å²) in [5.41, 5.74) is 9.49. The van der Waals surface area contributed by atoms with E-state index in [1.165, 1.54) is 5.56 Å². The molecule has 0 saturated carbocycles. The Morgan fingerprint density at radius 2 is 1.65 bits per heavy atom. The predicted octanol–water partition coefficient (Wildman–Crippen LogP) is 4.20. The normalized spacial score (nSPS) is 11.4. The van der Waals surface area contributed by atoms with Crippen molar-refractivity contribution < 1.29 is 9.53 Å². The van der Waals surface area contributed by atoms with E-state index in [-0.39, 0.29) is 11.1 Å². The van der Waals surface area contributed by atoms with Crippen LogP contribution in [0.15, 0.2) is 24.3 Å². The second-order valence-corrected chi connectivity index (χ2v) is 6.99. The first-order valence-electron chi connectivity index (χ1n) is 7.66. The quantitative estimate of drug-likeness (QED) is 0.924. The molecule has 1 heterocycles. The van der Waals surface area contributed by atoms with Crippen molar-refractivity contribution in [2.45, 2.75) is 47.0 Å². The summed E-state index contributed by atoms with van der Waals surface area (Å²) in [4.78, 5) is 16.2. The van der Waals surface area contributed by atoms with E-state index < -0.39 is 5.91 Å². The molecule has 122 valence electrons. The molecule has 0 bridgehead atoms. The zero-order valence-electron chi connectivity index (χ0n) is 14.7. The lowest BCUT2D eigenvalue weighted by molar-refractivity contribution is 0.0992. The molecule has 2 rings (SSSR count). The number of nitrogens with two attached hydrogens (primary N) is 1. The molecule has 0 aliphatic rings. The van der Waals surface area contributed by atoms with Crippen LogP contribution in [0.25, 0.3) is 0 Å². The molecule has 1 aromatic carbocycles. The van der Waals surface area contributed by atoms with Crippen molar-refractivity contribution in [2.75, 3.05) is 0 Å². The lowest BCUT2D eigenvalue weighted by Gasteiger charge is -2.20. The van der Waals surface area contributed by atoms with Gasteiger partial charge in [-0.3, -0.25) is 4.79 Å². The topological polar surface area (TPSA) is 65.2 Å². The number of carbonyl (C=O) groups is 1. The van der Waals surface area contributed by atoms with Gasteiger partial charge in [0, 0.05) is 11.1 Å².